The van der Waals surface area contributed by atoms with E-state index in [-0.39, 0.29) is 17.3 Å². The minimum absolute atomic E-state index is 0.112. The number of carbonyl (C=O) groups is 1. The van der Waals surface area contributed by atoms with Crippen LogP contribution in [-0.4, -0.2) is 28.9 Å². The highest BCUT2D eigenvalue weighted by molar-refractivity contribution is 6.30. The van der Waals surface area contributed by atoms with Gasteiger partial charge in [0.1, 0.15) is 5.82 Å². The fourth-order valence-corrected chi connectivity index (χ4v) is 5.87. The lowest BCUT2D eigenvalue weighted by Gasteiger charge is -2.32. The van der Waals surface area contributed by atoms with Crippen LogP contribution in [0.2, 0.25) is 5.02 Å². The molecule has 2 heterocycles. The fraction of sp³-hybridized carbons (Fsp3) is 0.342. The molecule has 0 spiro atoms. The van der Waals surface area contributed by atoms with E-state index in [1.54, 1.807) is 17.0 Å². The third-order valence-electron chi connectivity index (χ3n) is 9.00. The Labute approximate surface area is 265 Å². The van der Waals surface area contributed by atoms with Crippen LogP contribution in [0.1, 0.15) is 67.9 Å². The molecule has 0 radical (unpaired) electrons. The first-order valence-electron chi connectivity index (χ1n) is 15.4. The Balaban J connectivity index is 0.000000224. The summed E-state index contributed by atoms with van der Waals surface area (Å²) in [5.74, 6) is 0.382. The van der Waals surface area contributed by atoms with E-state index in [9.17, 15) is 13.6 Å². The van der Waals surface area contributed by atoms with Crippen molar-refractivity contribution >= 4 is 28.4 Å². The molecule has 3 nitrogen and oxygen atoms in total. The molecule has 0 bridgehead atoms. The minimum atomic E-state index is -0.498. The van der Waals surface area contributed by atoms with Crippen molar-refractivity contribution in [1.29, 1.82) is 0 Å². The number of aromatic amines is 1. The zero-order valence-corrected chi connectivity index (χ0v) is 27.2. The quantitative estimate of drug-likeness (QED) is 0.227. The largest absolute Gasteiger partial charge is 0.361 e. The van der Waals surface area contributed by atoms with Crippen LogP contribution in [0.15, 0.2) is 90.4 Å². The molecule has 1 amide bonds. The number of fused-ring (bicyclic) bond motifs is 1. The Kier molecular flexibility index (Phi) is 11.2. The average Bonchev–Trinajstić information content (AvgIpc) is 3.43. The molecule has 1 N–H and O–H groups in total. The Morgan fingerprint density at radius 3 is 2.16 bits per heavy atom. The van der Waals surface area contributed by atoms with E-state index in [0.717, 1.165) is 52.4 Å². The number of piperidine rings is 1. The fourth-order valence-electron chi connectivity index (χ4n) is 5.68. The van der Waals surface area contributed by atoms with Crippen molar-refractivity contribution in [2.24, 2.45) is 11.8 Å². The normalized spacial score (nSPS) is 16.5. The van der Waals surface area contributed by atoms with Crippen molar-refractivity contribution in [3.8, 4) is 11.1 Å². The van der Waals surface area contributed by atoms with Gasteiger partial charge in [0.2, 0.25) is 0 Å². The first-order valence-corrected chi connectivity index (χ1v) is 15.8. The highest BCUT2D eigenvalue weighted by Gasteiger charge is 2.26. The van der Waals surface area contributed by atoms with Gasteiger partial charge in [-0.1, -0.05) is 67.1 Å². The molecule has 232 valence electrons. The number of H-pyrrole nitrogens is 1. The molecule has 0 saturated carbocycles. The number of likely N-dealkylation sites (tertiary alicyclic amines) is 1. The van der Waals surface area contributed by atoms with Gasteiger partial charge in [-0.2, -0.15) is 0 Å². The van der Waals surface area contributed by atoms with Gasteiger partial charge in [-0.05, 0) is 105 Å². The summed E-state index contributed by atoms with van der Waals surface area (Å²) in [6.07, 6.45) is 5.38. The lowest BCUT2D eigenvalue weighted by Crippen LogP contribution is -2.39. The highest BCUT2D eigenvalue weighted by Crippen LogP contribution is 2.37. The molecule has 44 heavy (non-hydrogen) atoms. The second-order valence-electron chi connectivity index (χ2n) is 12.0. The number of halogens is 3. The predicted molar refractivity (Wildman–Crippen MR) is 180 cm³/mol. The van der Waals surface area contributed by atoms with E-state index in [0.29, 0.717) is 36.4 Å². The van der Waals surface area contributed by atoms with Gasteiger partial charge in [0, 0.05) is 47.2 Å². The summed E-state index contributed by atoms with van der Waals surface area (Å²) < 4.78 is 27.1. The Bertz CT molecular complexity index is 1640. The zero-order chi connectivity index (χ0) is 32.0. The van der Waals surface area contributed by atoms with Gasteiger partial charge in [-0.15, -0.1) is 0 Å². The third-order valence-corrected chi connectivity index (χ3v) is 9.23. The number of hydrogen-bond donors (Lipinski definition) is 1. The van der Waals surface area contributed by atoms with Gasteiger partial charge in [-0.3, -0.25) is 4.79 Å². The van der Waals surface area contributed by atoms with E-state index < -0.39 is 5.82 Å². The summed E-state index contributed by atoms with van der Waals surface area (Å²) in [6.45, 7) is 15.5. The smallest absolute Gasteiger partial charge is 0.256 e. The van der Waals surface area contributed by atoms with Gasteiger partial charge < -0.3 is 9.88 Å². The maximum atomic E-state index is 14.9. The van der Waals surface area contributed by atoms with Crippen LogP contribution in [0.4, 0.5) is 8.78 Å². The van der Waals surface area contributed by atoms with Crippen molar-refractivity contribution in [3.05, 3.63) is 118 Å². The molecule has 1 atom stereocenters. The van der Waals surface area contributed by atoms with Crippen LogP contribution in [-0.2, 0) is 0 Å². The van der Waals surface area contributed by atoms with Crippen LogP contribution < -0.4 is 0 Å². The van der Waals surface area contributed by atoms with Gasteiger partial charge in [0.25, 0.3) is 5.91 Å². The van der Waals surface area contributed by atoms with Gasteiger partial charge in [0.05, 0.1) is 11.4 Å². The summed E-state index contributed by atoms with van der Waals surface area (Å²) in [7, 11) is 0. The maximum Gasteiger partial charge on any atom is 0.256 e. The molecule has 2 aliphatic rings. The lowest BCUT2D eigenvalue weighted by atomic mass is 9.83. The van der Waals surface area contributed by atoms with Crippen molar-refractivity contribution in [2.75, 3.05) is 13.1 Å². The second kappa shape index (κ2) is 14.9. The molecule has 1 aliphatic heterocycles. The third kappa shape index (κ3) is 7.87. The number of hydrogen-bond acceptors (Lipinski definition) is 1. The molecule has 1 aliphatic carbocycles. The Hall–Kier alpha value is -3.70. The summed E-state index contributed by atoms with van der Waals surface area (Å²) in [6, 6.07) is 18.8. The summed E-state index contributed by atoms with van der Waals surface area (Å²) in [5, 5.41) is 1.36. The van der Waals surface area contributed by atoms with Crippen LogP contribution in [0, 0.1) is 31.5 Å². The second-order valence-corrected chi connectivity index (χ2v) is 12.4. The molecule has 1 fully saturated rings. The van der Waals surface area contributed by atoms with E-state index in [2.05, 4.69) is 56.6 Å². The molecular formula is C38H43ClF2N2O. The first kappa shape index (κ1) is 33.2. The number of rotatable bonds is 4. The average molecular weight is 617 g/mol. The minimum Gasteiger partial charge on any atom is -0.361 e. The Morgan fingerprint density at radius 1 is 1.00 bits per heavy atom. The Morgan fingerprint density at radius 2 is 1.66 bits per heavy atom. The summed E-state index contributed by atoms with van der Waals surface area (Å²) in [4.78, 5) is 17.8. The first-order chi connectivity index (χ1) is 21.0. The van der Waals surface area contributed by atoms with Crippen molar-refractivity contribution < 1.29 is 13.6 Å². The van der Waals surface area contributed by atoms with Crippen LogP contribution >= 0.6 is 11.6 Å². The zero-order valence-electron chi connectivity index (χ0n) is 26.4. The van der Waals surface area contributed by atoms with E-state index in [1.807, 2.05) is 38.2 Å². The number of nitrogens with one attached hydrogen (secondary N) is 1. The number of carbonyl (C=O) groups excluding carboxylic acids is 1. The van der Waals surface area contributed by atoms with Crippen LogP contribution in [0.5, 0.6) is 0 Å². The van der Waals surface area contributed by atoms with E-state index >= 15 is 0 Å². The molecule has 1 saturated heterocycles. The summed E-state index contributed by atoms with van der Waals surface area (Å²) >= 11 is 6.09. The number of benzene rings is 3. The molecular weight excluding hydrogens is 574 g/mol. The molecule has 6 rings (SSSR count). The van der Waals surface area contributed by atoms with Crippen LogP contribution in [0.25, 0.3) is 22.0 Å². The number of aromatic nitrogens is 1. The predicted octanol–water partition coefficient (Wildman–Crippen LogP) is 11.0. The number of amides is 1. The topological polar surface area (TPSA) is 36.1 Å². The van der Waals surface area contributed by atoms with Gasteiger partial charge in [-0.25, -0.2) is 8.78 Å². The molecule has 1 unspecified atom stereocenters. The number of allylic oxidation sites excluding steroid dienone is 3. The van der Waals surface area contributed by atoms with Gasteiger partial charge >= 0.3 is 0 Å². The molecule has 3 aromatic carbocycles. The molecule has 4 aromatic rings. The van der Waals surface area contributed by atoms with Crippen molar-refractivity contribution in [2.45, 2.75) is 60.3 Å². The van der Waals surface area contributed by atoms with Crippen LogP contribution in [0.3, 0.4) is 0 Å². The molecule has 6 heteroatoms. The lowest BCUT2D eigenvalue weighted by molar-refractivity contribution is 0.0697. The van der Waals surface area contributed by atoms with E-state index in [1.165, 1.54) is 17.2 Å². The van der Waals surface area contributed by atoms with Crippen molar-refractivity contribution in [1.82, 2.24) is 9.88 Å². The number of nitrogens with zero attached hydrogens (tertiary/aromatic N) is 1. The van der Waals surface area contributed by atoms with Gasteiger partial charge in [0.15, 0.2) is 0 Å². The monoisotopic (exact) mass is 616 g/mol. The molecule has 1 aromatic heterocycles. The number of aryl methyl sites for hydroxylation is 2. The standard InChI is InChI=1S/C23H22ClFN2O.C8H10.C7H11F/c1-14(2)15-6-8-27(9-7-15)23(28)19-12-22-18(11-21(19)25)20(13-26-22)16-4-3-5-17(24)10-16;1-7-5-3-4-6-8(7)2;1-3-6-4-7(8)5(6)2/h3-5,10-13,15,26H,1,6-9H2,2H3;3-6H,1-2H3;6H,3-4H2,1-2H3. The highest BCUT2D eigenvalue weighted by atomic mass is 35.5. The van der Waals surface area contributed by atoms with Crippen molar-refractivity contribution in [3.63, 3.8) is 0 Å². The van der Waals surface area contributed by atoms with E-state index in [4.69, 9.17) is 11.6 Å². The summed E-state index contributed by atoms with van der Waals surface area (Å²) in [5.41, 5.74) is 7.47. The maximum absolute atomic E-state index is 14.9. The SMILES string of the molecule is C=C(C)C1CCN(C(=O)c2cc3[nH]cc(-c4cccc(Cl)c4)c3cc2F)CC1.CCC1CC(F)=C1C.Cc1ccccc1C.